The molecule has 0 saturated carbocycles. The summed E-state index contributed by atoms with van der Waals surface area (Å²) in [7, 11) is 0. The van der Waals surface area contributed by atoms with E-state index >= 15 is 0 Å². The maximum Gasteiger partial charge on any atom is 0.221 e. The Morgan fingerprint density at radius 3 is 2.60 bits per heavy atom. The molecule has 0 aliphatic carbocycles. The first-order valence-electron chi connectivity index (χ1n) is 9.87. The number of hydrogen-bond acceptors (Lipinski definition) is 6. The van der Waals surface area contributed by atoms with Gasteiger partial charge in [0.25, 0.3) is 0 Å². The van der Waals surface area contributed by atoms with E-state index in [-0.39, 0.29) is 23.0 Å². The highest BCUT2D eigenvalue weighted by atomic mass is 16.5. The summed E-state index contributed by atoms with van der Waals surface area (Å²) in [6.45, 7) is 6.27. The van der Waals surface area contributed by atoms with Crippen LogP contribution in [0.4, 0.5) is 5.69 Å². The maximum atomic E-state index is 12.4. The number of ketones is 1. The summed E-state index contributed by atoms with van der Waals surface area (Å²) in [6, 6.07) is 11.8. The minimum Gasteiger partial charge on any atom is -0.507 e. The van der Waals surface area contributed by atoms with Crippen molar-refractivity contribution in [1.29, 1.82) is 0 Å². The molecule has 0 radical (unpaired) electrons. The van der Waals surface area contributed by atoms with E-state index in [1.54, 1.807) is 6.08 Å². The number of nitrogens with one attached hydrogen (secondary N) is 1. The fourth-order valence-electron chi connectivity index (χ4n) is 3.07. The largest absolute Gasteiger partial charge is 0.507 e. The number of amides is 1. The van der Waals surface area contributed by atoms with E-state index in [4.69, 9.17) is 9.47 Å². The molecule has 30 heavy (non-hydrogen) atoms. The second kappa shape index (κ2) is 10.6. The molecule has 0 bridgehead atoms. The number of nitrogens with zero attached hydrogens (tertiary/aromatic N) is 1. The lowest BCUT2D eigenvalue weighted by Crippen LogP contribution is -2.38. The Hall–Kier alpha value is -3.16. The molecular formula is C23H26N2O5. The maximum absolute atomic E-state index is 12.4. The Kier molecular flexibility index (Phi) is 7.59. The zero-order chi connectivity index (χ0) is 21.3. The summed E-state index contributed by atoms with van der Waals surface area (Å²) in [5, 5.41) is 12.6. The van der Waals surface area contributed by atoms with E-state index in [1.807, 2.05) is 24.3 Å². The highest BCUT2D eigenvalue weighted by molar-refractivity contribution is 6.09. The molecule has 0 aromatic heterocycles. The second-order valence-corrected chi connectivity index (χ2v) is 6.98. The normalized spacial score (nSPS) is 14.6. The van der Waals surface area contributed by atoms with Crippen molar-refractivity contribution in [2.45, 2.75) is 6.92 Å². The first-order chi connectivity index (χ1) is 14.5. The van der Waals surface area contributed by atoms with Crippen LogP contribution in [0.3, 0.4) is 0 Å². The minimum absolute atomic E-state index is 0.126. The summed E-state index contributed by atoms with van der Waals surface area (Å²) >= 11 is 0. The van der Waals surface area contributed by atoms with Gasteiger partial charge in [-0.05, 0) is 42.0 Å². The van der Waals surface area contributed by atoms with Crippen LogP contribution in [0.15, 0.2) is 48.5 Å². The molecule has 1 aliphatic heterocycles. The fraction of sp³-hybridized carbons (Fsp3) is 0.304. The van der Waals surface area contributed by atoms with Crippen molar-refractivity contribution in [2.75, 3.05) is 44.8 Å². The average molecular weight is 410 g/mol. The van der Waals surface area contributed by atoms with Crippen molar-refractivity contribution in [2.24, 2.45) is 0 Å². The number of hydrogen-bond donors (Lipinski definition) is 2. The van der Waals surface area contributed by atoms with Crippen LogP contribution in [0.2, 0.25) is 0 Å². The Labute approximate surface area is 175 Å². The zero-order valence-electron chi connectivity index (χ0n) is 17.0. The van der Waals surface area contributed by atoms with Crippen molar-refractivity contribution in [3.05, 3.63) is 59.7 Å². The molecule has 1 saturated heterocycles. The van der Waals surface area contributed by atoms with Gasteiger partial charge in [0.15, 0.2) is 5.78 Å². The number of carbonyl (C=O) groups is 2. The molecule has 7 nitrogen and oxygen atoms in total. The number of rotatable bonds is 8. The van der Waals surface area contributed by atoms with Crippen LogP contribution in [-0.4, -0.2) is 61.2 Å². The zero-order valence-corrected chi connectivity index (χ0v) is 17.0. The van der Waals surface area contributed by atoms with Gasteiger partial charge in [0, 0.05) is 32.2 Å². The smallest absolute Gasteiger partial charge is 0.221 e. The van der Waals surface area contributed by atoms with Crippen LogP contribution in [0, 0.1) is 0 Å². The van der Waals surface area contributed by atoms with Crippen molar-refractivity contribution >= 4 is 23.5 Å². The van der Waals surface area contributed by atoms with Crippen LogP contribution in [0.25, 0.3) is 6.08 Å². The van der Waals surface area contributed by atoms with Gasteiger partial charge in [-0.25, -0.2) is 0 Å². The number of carbonyl (C=O) groups excluding carboxylic acids is 2. The molecule has 2 N–H and O–H groups in total. The van der Waals surface area contributed by atoms with Gasteiger partial charge >= 0.3 is 0 Å². The molecule has 0 unspecified atom stereocenters. The molecule has 2 aromatic rings. The van der Waals surface area contributed by atoms with Crippen LogP contribution >= 0.6 is 0 Å². The van der Waals surface area contributed by atoms with E-state index in [0.29, 0.717) is 12.3 Å². The van der Waals surface area contributed by atoms with Gasteiger partial charge in [0.1, 0.15) is 18.1 Å². The van der Waals surface area contributed by atoms with Crippen LogP contribution < -0.4 is 10.1 Å². The second-order valence-electron chi connectivity index (χ2n) is 6.98. The number of benzene rings is 2. The van der Waals surface area contributed by atoms with Gasteiger partial charge in [-0.3, -0.25) is 14.5 Å². The molecule has 158 valence electrons. The summed E-state index contributed by atoms with van der Waals surface area (Å²) in [4.78, 5) is 25.9. The summed E-state index contributed by atoms with van der Waals surface area (Å²) in [5.74, 6) is 0.0302. The van der Waals surface area contributed by atoms with Crippen molar-refractivity contribution in [1.82, 2.24) is 4.90 Å². The SMILES string of the molecule is CC(=O)Nc1ccc(O)c(C(=O)C=Cc2ccc(OCCN3CCOCC3)cc2)c1. The first kappa shape index (κ1) is 21.5. The predicted molar refractivity (Wildman–Crippen MR) is 115 cm³/mol. The van der Waals surface area contributed by atoms with E-state index in [1.165, 1.54) is 31.2 Å². The molecule has 1 fully saturated rings. The van der Waals surface area contributed by atoms with E-state index in [2.05, 4.69) is 10.2 Å². The minimum atomic E-state index is -0.356. The number of ether oxygens (including phenoxy) is 2. The lowest BCUT2D eigenvalue weighted by atomic mass is 10.1. The quantitative estimate of drug-likeness (QED) is 0.395. The van der Waals surface area contributed by atoms with Crippen LogP contribution in [-0.2, 0) is 9.53 Å². The predicted octanol–water partition coefficient (Wildman–Crippen LogP) is 2.96. The number of allylic oxidation sites excluding steroid dienone is 1. The van der Waals surface area contributed by atoms with E-state index in [9.17, 15) is 14.7 Å². The molecule has 2 aromatic carbocycles. The third kappa shape index (κ3) is 6.43. The van der Waals surface area contributed by atoms with Gasteiger partial charge < -0.3 is 19.9 Å². The molecule has 1 amide bonds. The summed E-state index contributed by atoms with van der Waals surface area (Å²) in [5.41, 5.74) is 1.41. The molecular weight excluding hydrogens is 384 g/mol. The number of aromatic hydroxyl groups is 1. The van der Waals surface area contributed by atoms with Crippen LogP contribution in [0.5, 0.6) is 11.5 Å². The molecule has 7 heteroatoms. The lowest BCUT2D eigenvalue weighted by molar-refractivity contribution is -0.114. The Bertz CT molecular complexity index is 902. The molecule has 0 spiro atoms. The Balaban J connectivity index is 1.54. The van der Waals surface area contributed by atoms with Crippen molar-refractivity contribution in [3.8, 4) is 11.5 Å². The van der Waals surface area contributed by atoms with Crippen molar-refractivity contribution in [3.63, 3.8) is 0 Å². The monoisotopic (exact) mass is 410 g/mol. The van der Waals surface area contributed by atoms with Crippen molar-refractivity contribution < 1.29 is 24.2 Å². The van der Waals surface area contributed by atoms with Gasteiger partial charge in [-0.15, -0.1) is 0 Å². The average Bonchev–Trinajstić information content (AvgIpc) is 2.75. The lowest BCUT2D eigenvalue weighted by Gasteiger charge is -2.26. The topological polar surface area (TPSA) is 88.1 Å². The summed E-state index contributed by atoms with van der Waals surface area (Å²) < 4.78 is 11.1. The van der Waals surface area contributed by atoms with Crippen LogP contribution in [0.1, 0.15) is 22.8 Å². The van der Waals surface area contributed by atoms with Gasteiger partial charge in [0.2, 0.25) is 5.91 Å². The number of anilines is 1. The highest BCUT2D eigenvalue weighted by Crippen LogP contribution is 2.23. The molecule has 1 heterocycles. The molecule has 3 rings (SSSR count). The number of morpholine rings is 1. The number of phenols is 1. The standard InChI is InChI=1S/C23H26N2O5/c1-17(26)24-19-5-9-23(28)21(16-19)22(27)8-4-18-2-6-20(7-3-18)30-15-12-25-10-13-29-14-11-25/h2-9,16,28H,10-15H2,1H3,(H,24,26). The Morgan fingerprint density at radius 2 is 1.90 bits per heavy atom. The molecule has 0 atom stereocenters. The Morgan fingerprint density at radius 1 is 1.17 bits per heavy atom. The third-order valence-electron chi connectivity index (χ3n) is 4.67. The fourth-order valence-corrected chi connectivity index (χ4v) is 3.07. The highest BCUT2D eigenvalue weighted by Gasteiger charge is 2.11. The van der Waals surface area contributed by atoms with E-state index in [0.717, 1.165) is 44.2 Å². The number of phenolic OH excluding ortho intramolecular Hbond substituents is 1. The first-order valence-corrected chi connectivity index (χ1v) is 9.87. The third-order valence-corrected chi connectivity index (χ3v) is 4.67. The molecule has 1 aliphatic rings. The van der Waals surface area contributed by atoms with Gasteiger partial charge in [-0.1, -0.05) is 18.2 Å². The summed E-state index contributed by atoms with van der Waals surface area (Å²) in [6.07, 6.45) is 3.06. The van der Waals surface area contributed by atoms with Gasteiger partial charge in [0.05, 0.1) is 18.8 Å². The van der Waals surface area contributed by atoms with E-state index < -0.39 is 0 Å². The van der Waals surface area contributed by atoms with Gasteiger partial charge in [-0.2, -0.15) is 0 Å².